The Hall–Kier alpha value is -1.12. The first kappa shape index (κ1) is 17.2. The van der Waals surface area contributed by atoms with Gasteiger partial charge in [-0.1, -0.05) is 19.3 Å². The van der Waals surface area contributed by atoms with E-state index in [4.69, 9.17) is 0 Å². The molecule has 1 saturated carbocycles. The van der Waals surface area contributed by atoms with Crippen molar-refractivity contribution in [3.8, 4) is 6.07 Å². The van der Waals surface area contributed by atoms with E-state index in [0.717, 1.165) is 51.5 Å². The third-order valence-electron chi connectivity index (χ3n) is 5.20. The lowest BCUT2D eigenvalue weighted by Crippen LogP contribution is -2.55. The molecule has 5 heteroatoms. The lowest BCUT2D eigenvalue weighted by atomic mass is 9.82. The second-order valence-electron chi connectivity index (χ2n) is 7.04. The molecule has 1 aliphatic carbocycles. The van der Waals surface area contributed by atoms with Crippen molar-refractivity contribution >= 4 is 5.91 Å². The van der Waals surface area contributed by atoms with Crippen LogP contribution in [0, 0.1) is 11.3 Å². The second-order valence-corrected chi connectivity index (χ2v) is 7.04. The predicted octanol–water partition coefficient (Wildman–Crippen LogP) is 1.95. The molecule has 2 aliphatic rings. The molecule has 3 atom stereocenters. The van der Waals surface area contributed by atoms with E-state index in [1.807, 2.05) is 6.92 Å². The molecule has 0 aromatic heterocycles. The summed E-state index contributed by atoms with van der Waals surface area (Å²) in [6.07, 6.45) is 7.17. The number of nitrogens with zero attached hydrogens (tertiary/aromatic N) is 2. The first-order valence-corrected chi connectivity index (χ1v) is 8.64. The maximum Gasteiger partial charge on any atom is 0.238 e. The van der Waals surface area contributed by atoms with E-state index >= 15 is 0 Å². The topological polar surface area (TPSA) is 76.4 Å². The van der Waals surface area contributed by atoms with Gasteiger partial charge in [-0.2, -0.15) is 5.26 Å². The zero-order valence-corrected chi connectivity index (χ0v) is 13.8. The number of aliphatic hydroxyl groups is 1. The largest absolute Gasteiger partial charge is 0.393 e. The average molecular weight is 307 g/mol. The number of nitriles is 1. The van der Waals surface area contributed by atoms with Gasteiger partial charge < -0.3 is 10.4 Å². The Balaban J connectivity index is 1.97. The second kappa shape index (κ2) is 7.43. The third kappa shape index (κ3) is 3.99. The molecule has 5 nitrogen and oxygen atoms in total. The monoisotopic (exact) mass is 307 g/mol. The minimum atomic E-state index is -0.664. The van der Waals surface area contributed by atoms with Crippen LogP contribution in [0.4, 0.5) is 0 Å². The minimum absolute atomic E-state index is 0.0408. The number of amides is 1. The number of nitrogens with one attached hydrogen (secondary N) is 1. The minimum Gasteiger partial charge on any atom is -0.393 e. The van der Waals surface area contributed by atoms with Crippen LogP contribution in [0.1, 0.15) is 65.2 Å². The van der Waals surface area contributed by atoms with Crippen molar-refractivity contribution in [2.75, 3.05) is 6.54 Å². The van der Waals surface area contributed by atoms with Crippen LogP contribution < -0.4 is 5.32 Å². The van der Waals surface area contributed by atoms with Crippen LogP contribution >= 0.6 is 0 Å². The highest BCUT2D eigenvalue weighted by Gasteiger charge is 2.38. The summed E-state index contributed by atoms with van der Waals surface area (Å²) in [6, 6.07) is 2.38. The first-order chi connectivity index (χ1) is 10.5. The van der Waals surface area contributed by atoms with Crippen LogP contribution in [0.5, 0.6) is 0 Å². The molecule has 3 unspecified atom stereocenters. The smallest absolute Gasteiger partial charge is 0.238 e. The van der Waals surface area contributed by atoms with Crippen molar-refractivity contribution in [3.63, 3.8) is 0 Å². The van der Waals surface area contributed by atoms with Gasteiger partial charge in [-0.3, -0.25) is 9.69 Å². The quantitative estimate of drug-likeness (QED) is 0.814. The molecule has 22 heavy (non-hydrogen) atoms. The van der Waals surface area contributed by atoms with E-state index in [1.165, 1.54) is 0 Å². The highest BCUT2D eigenvalue weighted by atomic mass is 16.3. The molecule has 0 radical (unpaired) electrons. The van der Waals surface area contributed by atoms with Crippen molar-refractivity contribution in [2.45, 2.75) is 88.9 Å². The molecule has 2 N–H and O–H groups in total. The number of rotatable bonds is 5. The van der Waals surface area contributed by atoms with Gasteiger partial charge in [-0.25, -0.2) is 0 Å². The van der Waals surface area contributed by atoms with Gasteiger partial charge >= 0.3 is 0 Å². The fourth-order valence-corrected chi connectivity index (χ4v) is 3.93. The summed E-state index contributed by atoms with van der Waals surface area (Å²) in [5.74, 6) is -0.0408. The summed E-state index contributed by atoms with van der Waals surface area (Å²) in [5.41, 5.74) is -0.664. The number of hydrogen-bond acceptors (Lipinski definition) is 4. The molecule has 1 heterocycles. The first-order valence-electron chi connectivity index (χ1n) is 8.64. The molecule has 1 aliphatic heterocycles. The van der Waals surface area contributed by atoms with Crippen LogP contribution in [0.25, 0.3) is 0 Å². The predicted molar refractivity (Wildman–Crippen MR) is 85.1 cm³/mol. The molecule has 2 rings (SSSR count). The molecular formula is C17H29N3O2. The van der Waals surface area contributed by atoms with Gasteiger partial charge in [-0.15, -0.1) is 0 Å². The Morgan fingerprint density at radius 3 is 2.64 bits per heavy atom. The van der Waals surface area contributed by atoms with E-state index in [0.29, 0.717) is 6.42 Å². The van der Waals surface area contributed by atoms with Gasteiger partial charge in [0.25, 0.3) is 0 Å². The van der Waals surface area contributed by atoms with Gasteiger partial charge in [0.15, 0.2) is 0 Å². The SMILES string of the molecule is CC(O)CC1CCCN1C(C)C(=O)NC1(C#N)CCCCC1. The molecule has 0 aromatic carbocycles. The van der Waals surface area contributed by atoms with Crippen molar-refractivity contribution < 1.29 is 9.90 Å². The van der Waals surface area contributed by atoms with Crippen molar-refractivity contribution in [1.82, 2.24) is 10.2 Å². The zero-order chi connectivity index (χ0) is 16.2. The van der Waals surface area contributed by atoms with E-state index < -0.39 is 5.54 Å². The molecule has 2 fully saturated rings. The number of carbonyl (C=O) groups excluding carboxylic acids is 1. The number of likely N-dealkylation sites (tertiary alicyclic amines) is 1. The highest BCUT2D eigenvalue weighted by Crippen LogP contribution is 2.29. The highest BCUT2D eigenvalue weighted by molar-refractivity contribution is 5.82. The Morgan fingerprint density at radius 2 is 2.05 bits per heavy atom. The van der Waals surface area contributed by atoms with Crippen LogP contribution in [-0.2, 0) is 4.79 Å². The fourth-order valence-electron chi connectivity index (χ4n) is 3.93. The van der Waals surface area contributed by atoms with E-state index in [9.17, 15) is 15.2 Å². The maximum atomic E-state index is 12.6. The summed E-state index contributed by atoms with van der Waals surface area (Å²) < 4.78 is 0. The van der Waals surface area contributed by atoms with Gasteiger partial charge in [0.1, 0.15) is 5.54 Å². The summed E-state index contributed by atoms with van der Waals surface area (Å²) in [5, 5.41) is 22.1. The summed E-state index contributed by atoms with van der Waals surface area (Å²) >= 11 is 0. The van der Waals surface area contributed by atoms with Crippen LogP contribution in [0.3, 0.4) is 0 Å². The molecular weight excluding hydrogens is 278 g/mol. The van der Waals surface area contributed by atoms with E-state index in [1.54, 1.807) is 6.92 Å². The van der Waals surface area contributed by atoms with Crippen molar-refractivity contribution in [3.05, 3.63) is 0 Å². The Bertz CT molecular complexity index is 424. The summed E-state index contributed by atoms with van der Waals surface area (Å²) in [4.78, 5) is 14.8. The standard InChI is InChI=1S/C17H29N3O2/c1-13(21)11-15-7-6-10-20(15)14(2)16(22)19-17(12-18)8-4-3-5-9-17/h13-15,21H,3-11H2,1-2H3,(H,19,22). The molecule has 124 valence electrons. The van der Waals surface area contributed by atoms with Gasteiger partial charge in [0.2, 0.25) is 5.91 Å². The molecule has 0 aromatic rings. The van der Waals surface area contributed by atoms with Crippen LogP contribution in [-0.4, -0.2) is 46.2 Å². The van der Waals surface area contributed by atoms with Crippen LogP contribution in [0.2, 0.25) is 0 Å². The van der Waals surface area contributed by atoms with Gasteiger partial charge in [0.05, 0.1) is 18.2 Å². The number of carbonyl (C=O) groups is 1. The lowest BCUT2D eigenvalue weighted by molar-refractivity contribution is -0.128. The zero-order valence-electron chi connectivity index (χ0n) is 13.8. The molecule has 1 saturated heterocycles. The Kier molecular flexibility index (Phi) is 5.82. The van der Waals surface area contributed by atoms with E-state index in [2.05, 4.69) is 16.3 Å². The normalized spacial score (nSPS) is 27.8. The fraction of sp³-hybridized carbons (Fsp3) is 0.882. The lowest BCUT2D eigenvalue weighted by Gasteiger charge is -2.36. The third-order valence-corrected chi connectivity index (χ3v) is 5.20. The number of aliphatic hydroxyl groups excluding tert-OH is 1. The van der Waals surface area contributed by atoms with Gasteiger partial charge in [-0.05, 0) is 52.5 Å². The summed E-state index contributed by atoms with van der Waals surface area (Å²) in [7, 11) is 0. The van der Waals surface area contributed by atoms with Gasteiger partial charge in [0, 0.05) is 6.04 Å². The average Bonchev–Trinajstić information content (AvgIpc) is 2.94. The Morgan fingerprint density at radius 1 is 1.36 bits per heavy atom. The maximum absolute atomic E-state index is 12.6. The number of hydrogen-bond donors (Lipinski definition) is 2. The van der Waals surface area contributed by atoms with Crippen LogP contribution in [0.15, 0.2) is 0 Å². The van der Waals surface area contributed by atoms with Crippen molar-refractivity contribution in [1.29, 1.82) is 5.26 Å². The molecule has 0 spiro atoms. The van der Waals surface area contributed by atoms with E-state index in [-0.39, 0.29) is 24.1 Å². The molecule has 0 bridgehead atoms. The molecule has 1 amide bonds. The van der Waals surface area contributed by atoms with Crippen molar-refractivity contribution in [2.24, 2.45) is 0 Å². The Labute approximate surface area is 133 Å². The summed E-state index contributed by atoms with van der Waals surface area (Å²) in [6.45, 7) is 4.61.